The molecule has 1 aliphatic heterocycles. The van der Waals surface area contributed by atoms with Gasteiger partial charge in [0.2, 0.25) is 0 Å². The normalized spacial score (nSPS) is 38.5. The fourth-order valence-electron chi connectivity index (χ4n) is 4.05. The first-order chi connectivity index (χ1) is 8.62. The highest BCUT2D eigenvalue weighted by Gasteiger charge is 2.40. The van der Waals surface area contributed by atoms with Crippen LogP contribution in [0.25, 0.3) is 0 Å². The van der Waals surface area contributed by atoms with Crippen molar-refractivity contribution in [1.82, 2.24) is 10.2 Å². The second-order valence-corrected chi connectivity index (χ2v) is 6.63. The van der Waals surface area contributed by atoms with E-state index in [9.17, 15) is 5.11 Å². The zero-order valence-electron chi connectivity index (χ0n) is 12.3. The van der Waals surface area contributed by atoms with Gasteiger partial charge in [0, 0.05) is 17.6 Å². The van der Waals surface area contributed by atoms with Crippen LogP contribution in [0, 0.1) is 5.92 Å². The molecule has 2 fully saturated rings. The van der Waals surface area contributed by atoms with Gasteiger partial charge in [-0.3, -0.25) is 4.90 Å². The van der Waals surface area contributed by atoms with Crippen LogP contribution in [0.5, 0.6) is 0 Å². The molecule has 1 saturated heterocycles. The van der Waals surface area contributed by atoms with Gasteiger partial charge < -0.3 is 10.4 Å². The van der Waals surface area contributed by atoms with Gasteiger partial charge in [-0.15, -0.1) is 0 Å². The monoisotopic (exact) mass is 254 g/mol. The lowest BCUT2D eigenvalue weighted by atomic mass is 9.78. The van der Waals surface area contributed by atoms with Crippen LogP contribution in [-0.2, 0) is 0 Å². The second-order valence-electron chi connectivity index (χ2n) is 6.63. The van der Waals surface area contributed by atoms with Crippen LogP contribution in [0.4, 0.5) is 0 Å². The van der Waals surface area contributed by atoms with Crippen LogP contribution in [-0.4, -0.2) is 47.8 Å². The van der Waals surface area contributed by atoms with Crippen molar-refractivity contribution in [3.8, 4) is 0 Å². The van der Waals surface area contributed by atoms with Crippen molar-refractivity contribution in [3.05, 3.63) is 0 Å². The molecule has 0 aromatic carbocycles. The summed E-state index contributed by atoms with van der Waals surface area (Å²) in [4.78, 5) is 2.74. The van der Waals surface area contributed by atoms with E-state index < -0.39 is 0 Å². The number of likely N-dealkylation sites (tertiary alicyclic amines) is 1. The van der Waals surface area contributed by atoms with Gasteiger partial charge in [-0.1, -0.05) is 13.8 Å². The summed E-state index contributed by atoms with van der Waals surface area (Å²) < 4.78 is 0. The van der Waals surface area contributed by atoms with E-state index in [4.69, 9.17) is 0 Å². The summed E-state index contributed by atoms with van der Waals surface area (Å²) in [6.45, 7) is 6.24. The Morgan fingerprint density at radius 2 is 2.11 bits per heavy atom. The molecule has 1 heterocycles. The molecule has 0 radical (unpaired) electrons. The molecule has 106 valence electrons. The highest BCUT2D eigenvalue weighted by atomic mass is 16.3. The molecule has 3 unspecified atom stereocenters. The van der Waals surface area contributed by atoms with Crippen molar-refractivity contribution in [2.75, 3.05) is 20.2 Å². The lowest BCUT2D eigenvalue weighted by Gasteiger charge is -2.45. The van der Waals surface area contributed by atoms with Crippen LogP contribution in [0.15, 0.2) is 0 Å². The van der Waals surface area contributed by atoms with E-state index in [1.807, 2.05) is 7.05 Å². The third kappa shape index (κ3) is 2.73. The fourth-order valence-corrected chi connectivity index (χ4v) is 4.05. The van der Waals surface area contributed by atoms with Gasteiger partial charge in [0.05, 0.1) is 6.61 Å². The predicted octanol–water partition coefficient (Wildman–Crippen LogP) is 2.00. The Labute approximate surface area is 112 Å². The number of rotatable bonds is 4. The standard InChI is InChI=1S/C15H30N2O/c1-12(2)14-7-5-9-17(14)13-6-4-8-15(10-13,11-18)16-3/h12-14,16,18H,4-11H2,1-3H3. The van der Waals surface area contributed by atoms with E-state index in [0.29, 0.717) is 6.04 Å². The summed E-state index contributed by atoms with van der Waals surface area (Å²) in [5.74, 6) is 0.757. The van der Waals surface area contributed by atoms with Crippen LogP contribution in [0.3, 0.4) is 0 Å². The largest absolute Gasteiger partial charge is 0.394 e. The van der Waals surface area contributed by atoms with Gasteiger partial charge in [0.25, 0.3) is 0 Å². The maximum atomic E-state index is 9.70. The maximum Gasteiger partial charge on any atom is 0.0613 e. The molecule has 3 nitrogen and oxygen atoms in total. The van der Waals surface area contributed by atoms with Gasteiger partial charge >= 0.3 is 0 Å². The van der Waals surface area contributed by atoms with E-state index in [1.54, 1.807) is 0 Å². The minimum absolute atomic E-state index is 0.0208. The topological polar surface area (TPSA) is 35.5 Å². The number of aliphatic hydroxyl groups excluding tert-OH is 1. The molecule has 2 aliphatic rings. The number of hydrogen-bond donors (Lipinski definition) is 2. The highest BCUT2D eigenvalue weighted by Crippen LogP contribution is 2.35. The van der Waals surface area contributed by atoms with Gasteiger partial charge in [-0.05, 0) is 58.0 Å². The van der Waals surface area contributed by atoms with Crippen molar-refractivity contribution < 1.29 is 5.11 Å². The highest BCUT2D eigenvalue weighted by molar-refractivity contribution is 4.98. The van der Waals surface area contributed by atoms with Crippen molar-refractivity contribution in [1.29, 1.82) is 0 Å². The fraction of sp³-hybridized carbons (Fsp3) is 1.00. The number of nitrogens with zero attached hydrogens (tertiary/aromatic N) is 1. The zero-order chi connectivity index (χ0) is 13.2. The quantitative estimate of drug-likeness (QED) is 0.805. The van der Waals surface area contributed by atoms with Gasteiger partial charge in [-0.25, -0.2) is 0 Å². The number of hydrogen-bond acceptors (Lipinski definition) is 3. The van der Waals surface area contributed by atoms with Crippen LogP contribution in [0.2, 0.25) is 0 Å². The molecule has 0 aromatic rings. The molecule has 3 heteroatoms. The minimum atomic E-state index is -0.0208. The van der Waals surface area contributed by atoms with Gasteiger partial charge in [-0.2, -0.15) is 0 Å². The number of likely N-dealkylation sites (N-methyl/N-ethyl adjacent to an activating group) is 1. The minimum Gasteiger partial charge on any atom is -0.394 e. The number of aliphatic hydroxyl groups is 1. The molecule has 1 aliphatic carbocycles. The summed E-state index contributed by atoms with van der Waals surface area (Å²) in [6.07, 6.45) is 7.50. The average Bonchev–Trinajstić information content (AvgIpc) is 2.88. The lowest BCUT2D eigenvalue weighted by molar-refractivity contribution is 0.0485. The molecular weight excluding hydrogens is 224 g/mol. The Hall–Kier alpha value is -0.120. The maximum absolute atomic E-state index is 9.70. The van der Waals surface area contributed by atoms with Gasteiger partial charge in [0.1, 0.15) is 0 Å². The smallest absolute Gasteiger partial charge is 0.0613 e. The lowest BCUT2D eigenvalue weighted by Crippen LogP contribution is -2.55. The summed E-state index contributed by atoms with van der Waals surface area (Å²) in [7, 11) is 2.00. The summed E-state index contributed by atoms with van der Waals surface area (Å²) >= 11 is 0. The molecule has 2 rings (SSSR count). The van der Waals surface area contributed by atoms with Gasteiger partial charge in [0.15, 0.2) is 0 Å². The van der Waals surface area contributed by atoms with Crippen LogP contribution >= 0.6 is 0 Å². The summed E-state index contributed by atoms with van der Waals surface area (Å²) in [6, 6.07) is 1.44. The van der Waals surface area contributed by atoms with Crippen LogP contribution < -0.4 is 5.32 Å². The summed E-state index contributed by atoms with van der Waals surface area (Å²) in [5, 5.41) is 13.1. The predicted molar refractivity (Wildman–Crippen MR) is 75.7 cm³/mol. The molecule has 1 saturated carbocycles. The molecular formula is C15H30N2O. The second kappa shape index (κ2) is 5.89. The van der Waals surface area contributed by atoms with Crippen molar-refractivity contribution >= 4 is 0 Å². The molecule has 0 spiro atoms. The molecule has 0 aromatic heterocycles. The first kappa shape index (κ1) is 14.3. The van der Waals surface area contributed by atoms with E-state index in [-0.39, 0.29) is 12.1 Å². The van der Waals surface area contributed by atoms with Crippen LogP contribution in [0.1, 0.15) is 52.4 Å². The molecule has 2 N–H and O–H groups in total. The molecule has 0 bridgehead atoms. The Kier molecular flexibility index (Phi) is 4.68. The van der Waals surface area contributed by atoms with Crippen molar-refractivity contribution in [2.24, 2.45) is 5.92 Å². The molecule has 0 amide bonds. The van der Waals surface area contributed by atoms with E-state index >= 15 is 0 Å². The molecule has 18 heavy (non-hydrogen) atoms. The van der Waals surface area contributed by atoms with E-state index in [1.165, 1.54) is 32.2 Å². The van der Waals surface area contributed by atoms with E-state index in [2.05, 4.69) is 24.1 Å². The van der Waals surface area contributed by atoms with Crippen molar-refractivity contribution in [2.45, 2.75) is 70.0 Å². The Morgan fingerprint density at radius 3 is 2.72 bits per heavy atom. The first-order valence-electron chi connectivity index (χ1n) is 7.67. The van der Waals surface area contributed by atoms with E-state index in [0.717, 1.165) is 24.8 Å². The van der Waals surface area contributed by atoms with Crippen molar-refractivity contribution in [3.63, 3.8) is 0 Å². The zero-order valence-corrected chi connectivity index (χ0v) is 12.3. The third-order valence-corrected chi connectivity index (χ3v) is 5.23. The summed E-state index contributed by atoms with van der Waals surface area (Å²) in [5.41, 5.74) is -0.0208. The average molecular weight is 254 g/mol. The number of nitrogens with one attached hydrogen (secondary N) is 1. The Bertz CT molecular complexity index is 263. The molecule has 3 atom stereocenters. The third-order valence-electron chi connectivity index (χ3n) is 5.23. The SMILES string of the molecule is CNC1(CO)CCCC(N2CCCC2C(C)C)C1. The Balaban J connectivity index is 2.04. The first-order valence-corrected chi connectivity index (χ1v) is 7.67. The Morgan fingerprint density at radius 1 is 1.33 bits per heavy atom.